The predicted octanol–water partition coefficient (Wildman–Crippen LogP) is 1.78. The van der Waals surface area contributed by atoms with Gasteiger partial charge in [0.1, 0.15) is 5.69 Å². The van der Waals surface area contributed by atoms with E-state index in [1.165, 1.54) is 0 Å². The first kappa shape index (κ1) is 13.1. The Kier molecular flexibility index (Phi) is 3.67. The average Bonchev–Trinajstić information content (AvgIpc) is 2.47. The van der Waals surface area contributed by atoms with Crippen molar-refractivity contribution in [2.24, 2.45) is 0 Å². The fourth-order valence-corrected chi connectivity index (χ4v) is 2.97. The predicted molar refractivity (Wildman–Crippen MR) is 77.3 cm³/mol. The third-order valence-electron chi connectivity index (χ3n) is 3.99. The molecule has 0 spiro atoms. The summed E-state index contributed by atoms with van der Waals surface area (Å²) in [6, 6.07) is 0.117. The number of allylic oxidation sites excluding steroid dienone is 1. The molecule has 0 bridgehead atoms. The SMILES string of the molecule is Nc1nc2c(c(C(=O)NC3C=CCCC3)n1)CCCC2. The Morgan fingerprint density at radius 2 is 2.10 bits per heavy atom. The monoisotopic (exact) mass is 272 g/mol. The Hall–Kier alpha value is -1.91. The molecule has 1 heterocycles. The van der Waals surface area contributed by atoms with Crippen LogP contribution in [0.3, 0.4) is 0 Å². The average molecular weight is 272 g/mol. The fourth-order valence-electron chi connectivity index (χ4n) is 2.97. The number of anilines is 1. The molecule has 20 heavy (non-hydrogen) atoms. The van der Waals surface area contributed by atoms with Crippen LogP contribution in [0.4, 0.5) is 5.95 Å². The fraction of sp³-hybridized carbons (Fsp3) is 0.533. The highest BCUT2D eigenvalue weighted by molar-refractivity contribution is 5.94. The van der Waals surface area contributed by atoms with Gasteiger partial charge in [-0.25, -0.2) is 9.97 Å². The molecule has 0 radical (unpaired) electrons. The molecule has 3 N–H and O–H groups in total. The molecule has 1 unspecified atom stereocenters. The molecule has 5 nitrogen and oxygen atoms in total. The summed E-state index contributed by atoms with van der Waals surface area (Å²) in [5.41, 5.74) is 8.16. The molecule has 1 aromatic rings. The van der Waals surface area contributed by atoms with Gasteiger partial charge in [-0.15, -0.1) is 0 Å². The van der Waals surface area contributed by atoms with Gasteiger partial charge < -0.3 is 11.1 Å². The Bertz CT molecular complexity index is 553. The van der Waals surface area contributed by atoms with Gasteiger partial charge in [0, 0.05) is 17.3 Å². The number of nitrogens with zero attached hydrogens (tertiary/aromatic N) is 2. The topological polar surface area (TPSA) is 80.9 Å². The van der Waals surface area contributed by atoms with Crippen LogP contribution < -0.4 is 11.1 Å². The van der Waals surface area contributed by atoms with Crippen molar-refractivity contribution >= 4 is 11.9 Å². The van der Waals surface area contributed by atoms with Gasteiger partial charge in [-0.05, 0) is 44.9 Å². The third kappa shape index (κ3) is 2.66. The first-order valence-electron chi connectivity index (χ1n) is 7.37. The van der Waals surface area contributed by atoms with Crippen molar-refractivity contribution in [1.29, 1.82) is 0 Å². The first-order chi connectivity index (χ1) is 9.74. The van der Waals surface area contributed by atoms with Gasteiger partial charge in [0.15, 0.2) is 0 Å². The lowest BCUT2D eigenvalue weighted by molar-refractivity contribution is 0.0935. The molecule has 1 atom stereocenters. The molecule has 1 aromatic heterocycles. The molecular weight excluding hydrogens is 252 g/mol. The number of carbonyl (C=O) groups is 1. The summed E-state index contributed by atoms with van der Waals surface area (Å²) in [5.74, 6) is 0.0868. The van der Waals surface area contributed by atoms with Crippen LogP contribution in [0.5, 0.6) is 0 Å². The van der Waals surface area contributed by atoms with Gasteiger partial charge in [-0.1, -0.05) is 12.2 Å². The maximum atomic E-state index is 12.4. The van der Waals surface area contributed by atoms with Crippen LogP contribution in [-0.4, -0.2) is 21.9 Å². The van der Waals surface area contributed by atoms with Gasteiger partial charge >= 0.3 is 0 Å². The molecule has 0 saturated heterocycles. The Balaban J connectivity index is 1.85. The first-order valence-corrected chi connectivity index (χ1v) is 7.37. The van der Waals surface area contributed by atoms with Crippen molar-refractivity contribution in [1.82, 2.24) is 15.3 Å². The minimum atomic E-state index is -0.117. The van der Waals surface area contributed by atoms with Crippen molar-refractivity contribution in [2.75, 3.05) is 5.73 Å². The number of hydrogen-bond acceptors (Lipinski definition) is 4. The van der Waals surface area contributed by atoms with Gasteiger partial charge in [-0.2, -0.15) is 0 Å². The number of nitrogens with two attached hydrogens (primary N) is 1. The van der Waals surface area contributed by atoms with Crippen LogP contribution in [0.15, 0.2) is 12.2 Å². The highest BCUT2D eigenvalue weighted by Gasteiger charge is 2.23. The molecule has 1 amide bonds. The van der Waals surface area contributed by atoms with E-state index in [0.29, 0.717) is 5.69 Å². The van der Waals surface area contributed by atoms with Gasteiger partial charge in [-0.3, -0.25) is 4.79 Å². The smallest absolute Gasteiger partial charge is 0.270 e. The molecule has 2 aliphatic rings. The second-order valence-electron chi connectivity index (χ2n) is 5.50. The highest BCUT2D eigenvalue weighted by atomic mass is 16.1. The zero-order valence-corrected chi connectivity index (χ0v) is 11.6. The number of nitrogens with one attached hydrogen (secondary N) is 1. The Labute approximate surface area is 118 Å². The van der Waals surface area contributed by atoms with Crippen molar-refractivity contribution in [3.8, 4) is 0 Å². The summed E-state index contributed by atoms with van der Waals surface area (Å²) < 4.78 is 0. The summed E-state index contributed by atoms with van der Waals surface area (Å²) in [7, 11) is 0. The van der Waals surface area contributed by atoms with Crippen molar-refractivity contribution in [3.63, 3.8) is 0 Å². The summed E-state index contributed by atoms with van der Waals surface area (Å²) >= 11 is 0. The summed E-state index contributed by atoms with van der Waals surface area (Å²) in [6.07, 6.45) is 11.4. The van der Waals surface area contributed by atoms with E-state index in [-0.39, 0.29) is 17.9 Å². The van der Waals surface area contributed by atoms with E-state index in [2.05, 4.69) is 27.4 Å². The van der Waals surface area contributed by atoms with Crippen LogP contribution in [0, 0.1) is 0 Å². The number of carbonyl (C=O) groups excluding carboxylic acids is 1. The van der Waals surface area contributed by atoms with E-state index in [9.17, 15) is 4.79 Å². The minimum absolute atomic E-state index is 0.117. The minimum Gasteiger partial charge on any atom is -0.368 e. The molecule has 5 heteroatoms. The van der Waals surface area contributed by atoms with Crippen LogP contribution in [0.1, 0.15) is 53.8 Å². The quantitative estimate of drug-likeness (QED) is 0.804. The number of aromatic nitrogens is 2. The molecule has 0 fully saturated rings. The molecule has 0 aromatic carbocycles. The van der Waals surface area contributed by atoms with Crippen LogP contribution in [0.25, 0.3) is 0 Å². The summed E-state index contributed by atoms with van der Waals surface area (Å²) in [4.78, 5) is 20.9. The second-order valence-corrected chi connectivity index (χ2v) is 5.50. The van der Waals surface area contributed by atoms with Crippen LogP contribution in [-0.2, 0) is 12.8 Å². The number of amides is 1. The second kappa shape index (κ2) is 5.61. The van der Waals surface area contributed by atoms with E-state index in [1.54, 1.807) is 0 Å². The Morgan fingerprint density at radius 1 is 1.25 bits per heavy atom. The standard InChI is InChI=1S/C15H20N4O/c16-15-18-12-9-5-4-8-11(12)13(19-15)14(20)17-10-6-2-1-3-7-10/h2,6,10H,1,3-5,7-9H2,(H,17,20)(H2,16,18,19). The van der Waals surface area contributed by atoms with E-state index in [4.69, 9.17) is 5.73 Å². The van der Waals surface area contributed by atoms with E-state index >= 15 is 0 Å². The molecule has 0 aliphatic heterocycles. The van der Waals surface area contributed by atoms with Gasteiger partial charge in [0.05, 0.1) is 0 Å². The zero-order valence-electron chi connectivity index (χ0n) is 11.6. The van der Waals surface area contributed by atoms with Crippen molar-refractivity contribution in [2.45, 2.75) is 51.0 Å². The maximum absolute atomic E-state index is 12.4. The number of nitrogen functional groups attached to an aromatic ring is 1. The highest BCUT2D eigenvalue weighted by Crippen LogP contribution is 2.23. The maximum Gasteiger partial charge on any atom is 0.270 e. The molecule has 3 rings (SSSR count). The van der Waals surface area contributed by atoms with Gasteiger partial charge in [0.25, 0.3) is 5.91 Å². The van der Waals surface area contributed by atoms with Crippen LogP contribution in [0.2, 0.25) is 0 Å². The lowest BCUT2D eigenvalue weighted by atomic mass is 9.94. The van der Waals surface area contributed by atoms with Gasteiger partial charge in [0.2, 0.25) is 5.95 Å². The normalized spacial score (nSPS) is 21.3. The molecule has 106 valence electrons. The summed E-state index contributed by atoms with van der Waals surface area (Å²) in [5, 5.41) is 3.04. The molecular formula is C15H20N4O. The number of fused-ring (bicyclic) bond motifs is 1. The number of hydrogen-bond donors (Lipinski definition) is 2. The largest absolute Gasteiger partial charge is 0.368 e. The zero-order chi connectivity index (χ0) is 13.9. The molecule has 2 aliphatic carbocycles. The van der Waals surface area contributed by atoms with E-state index in [1.807, 2.05) is 0 Å². The van der Waals surface area contributed by atoms with Crippen molar-refractivity contribution in [3.05, 3.63) is 29.1 Å². The lowest BCUT2D eigenvalue weighted by Crippen LogP contribution is -2.36. The van der Waals surface area contributed by atoms with E-state index in [0.717, 1.165) is 56.2 Å². The molecule has 0 saturated carbocycles. The number of aryl methyl sites for hydroxylation is 1. The number of rotatable bonds is 2. The van der Waals surface area contributed by atoms with E-state index < -0.39 is 0 Å². The Morgan fingerprint density at radius 3 is 2.90 bits per heavy atom. The third-order valence-corrected chi connectivity index (χ3v) is 3.99. The van der Waals surface area contributed by atoms with Crippen molar-refractivity contribution < 1.29 is 4.79 Å². The van der Waals surface area contributed by atoms with Crippen LogP contribution >= 0.6 is 0 Å². The lowest BCUT2D eigenvalue weighted by Gasteiger charge is -2.21. The summed E-state index contributed by atoms with van der Waals surface area (Å²) in [6.45, 7) is 0.